The highest BCUT2D eigenvalue weighted by atomic mass is 16.2. The zero-order valence-electron chi connectivity index (χ0n) is 15.7. The van der Waals surface area contributed by atoms with Gasteiger partial charge in [-0.1, -0.05) is 12.1 Å². The van der Waals surface area contributed by atoms with E-state index in [0.29, 0.717) is 5.92 Å². The van der Waals surface area contributed by atoms with Gasteiger partial charge in [0, 0.05) is 24.6 Å². The number of amides is 1. The number of rotatable bonds is 2. The van der Waals surface area contributed by atoms with Gasteiger partial charge in [-0.05, 0) is 74.6 Å². The highest BCUT2D eigenvalue weighted by Crippen LogP contribution is 2.28. The summed E-state index contributed by atoms with van der Waals surface area (Å²) in [5, 5.41) is 0. The van der Waals surface area contributed by atoms with Crippen LogP contribution in [-0.2, 0) is 0 Å². The molecule has 4 heteroatoms. The van der Waals surface area contributed by atoms with Crippen molar-refractivity contribution >= 4 is 16.9 Å². The Labute approximate surface area is 154 Å². The lowest BCUT2D eigenvalue weighted by Gasteiger charge is -2.31. The van der Waals surface area contributed by atoms with Crippen molar-refractivity contribution in [1.82, 2.24) is 14.9 Å². The number of carbonyl (C=O) groups excluding carboxylic acids is 1. The minimum atomic E-state index is 0.145. The average molecular weight is 347 g/mol. The molecule has 0 radical (unpaired) electrons. The predicted molar refractivity (Wildman–Crippen MR) is 105 cm³/mol. The molecule has 0 spiro atoms. The summed E-state index contributed by atoms with van der Waals surface area (Å²) in [6.07, 6.45) is 1.91. The van der Waals surface area contributed by atoms with Crippen LogP contribution in [0.2, 0.25) is 0 Å². The van der Waals surface area contributed by atoms with Crippen molar-refractivity contribution in [1.29, 1.82) is 0 Å². The summed E-state index contributed by atoms with van der Waals surface area (Å²) in [6.45, 7) is 7.79. The number of hydrogen-bond acceptors (Lipinski definition) is 2. The standard InChI is InChI=1S/C22H25N3O/c1-14-4-7-19-20(12-14)24-21(23-19)17-8-10-25(11-9-17)22(26)18-6-5-15(2)16(3)13-18/h4-7,12-13,17H,8-11H2,1-3H3,(H,23,24). The highest BCUT2D eigenvalue weighted by molar-refractivity contribution is 5.94. The number of nitrogens with one attached hydrogen (secondary N) is 1. The highest BCUT2D eigenvalue weighted by Gasteiger charge is 2.26. The predicted octanol–water partition coefficient (Wildman–Crippen LogP) is 4.51. The molecule has 26 heavy (non-hydrogen) atoms. The first-order valence-corrected chi connectivity index (χ1v) is 9.34. The Morgan fingerprint density at radius 1 is 1.04 bits per heavy atom. The fourth-order valence-corrected chi connectivity index (χ4v) is 3.75. The summed E-state index contributed by atoms with van der Waals surface area (Å²) in [4.78, 5) is 23.0. The van der Waals surface area contributed by atoms with Crippen molar-refractivity contribution < 1.29 is 4.79 Å². The van der Waals surface area contributed by atoms with Crippen LogP contribution in [0.15, 0.2) is 36.4 Å². The lowest BCUT2D eigenvalue weighted by molar-refractivity contribution is 0.0711. The van der Waals surface area contributed by atoms with Gasteiger partial charge in [0.25, 0.3) is 5.91 Å². The molecule has 0 unspecified atom stereocenters. The van der Waals surface area contributed by atoms with Crippen LogP contribution in [0.3, 0.4) is 0 Å². The van der Waals surface area contributed by atoms with Crippen LogP contribution in [0.4, 0.5) is 0 Å². The van der Waals surface area contributed by atoms with E-state index in [4.69, 9.17) is 4.98 Å². The molecule has 0 aliphatic carbocycles. The third-order valence-electron chi connectivity index (χ3n) is 5.58. The maximum atomic E-state index is 12.8. The second kappa shape index (κ2) is 6.60. The zero-order chi connectivity index (χ0) is 18.3. The fourth-order valence-electron chi connectivity index (χ4n) is 3.75. The average Bonchev–Trinajstić information content (AvgIpc) is 3.06. The molecular formula is C22H25N3O. The Balaban J connectivity index is 1.46. The molecule has 1 aromatic heterocycles. The Morgan fingerprint density at radius 3 is 2.54 bits per heavy atom. The third kappa shape index (κ3) is 3.12. The second-order valence-electron chi connectivity index (χ2n) is 7.51. The summed E-state index contributed by atoms with van der Waals surface area (Å²) in [5.74, 6) is 1.60. The minimum Gasteiger partial charge on any atom is -0.342 e. The number of likely N-dealkylation sites (tertiary alicyclic amines) is 1. The molecule has 4 nitrogen and oxygen atoms in total. The number of fused-ring (bicyclic) bond motifs is 1. The summed E-state index contributed by atoms with van der Waals surface area (Å²) in [7, 11) is 0. The number of aryl methyl sites for hydroxylation is 3. The number of piperidine rings is 1. The number of nitrogens with zero attached hydrogens (tertiary/aromatic N) is 2. The van der Waals surface area contributed by atoms with E-state index in [9.17, 15) is 4.79 Å². The van der Waals surface area contributed by atoms with Crippen molar-refractivity contribution in [3.63, 3.8) is 0 Å². The number of benzene rings is 2. The van der Waals surface area contributed by atoms with E-state index < -0.39 is 0 Å². The first-order chi connectivity index (χ1) is 12.5. The number of carbonyl (C=O) groups is 1. The normalized spacial score (nSPS) is 15.6. The van der Waals surface area contributed by atoms with Crippen molar-refractivity contribution in [3.8, 4) is 0 Å². The van der Waals surface area contributed by atoms with Gasteiger partial charge in [-0.25, -0.2) is 4.98 Å². The van der Waals surface area contributed by atoms with Gasteiger partial charge in [-0.3, -0.25) is 4.79 Å². The van der Waals surface area contributed by atoms with Crippen molar-refractivity contribution in [3.05, 3.63) is 64.5 Å². The molecule has 0 bridgehead atoms. The van der Waals surface area contributed by atoms with Gasteiger partial charge in [0.15, 0.2) is 0 Å². The van der Waals surface area contributed by atoms with Gasteiger partial charge in [-0.2, -0.15) is 0 Å². The van der Waals surface area contributed by atoms with E-state index in [1.165, 1.54) is 16.7 Å². The summed E-state index contributed by atoms with van der Waals surface area (Å²) in [5.41, 5.74) is 6.56. The molecule has 1 fully saturated rings. The molecule has 134 valence electrons. The molecule has 1 amide bonds. The molecule has 1 aliphatic rings. The Bertz CT molecular complexity index is 965. The summed E-state index contributed by atoms with van der Waals surface area (Å²) < 4.78 is 0. The molecule has 2 heterocycles. The van der Waals surface area contributed by atoms with Gasteiger partial charge in [0.05, 0.1) is 11.0 Å². The minimum absolute atomic E-state index is 0.145. The van der Waals surface area contributed by atoms with Crippen LogP contribution in [0.25, 0.3) is 11.0 Å². The molecule has 1 aliphatic heterocycles. The SMILES string of the molecule is Cc1ccc2nc(C3CCN(C(=O)c4ccc(C)c(C)c4)CC3)[nH]c2c1. The quantitative estimate of drug-likeness (QED) is 0.741. The van der Waals surface area contributed by atoms with Gasteiger partial charge in [0.1, 0.15) is 5.82 Å². The maximum Gasteiger partial charge on any atom is 0.253 e. The number of aromatic amines is 1. The van der Waals surface area contributed by atoms with Crippen LogP contribution >= 0.6 is 0 Å². The van der Waals surface area contributed by atoms with E-state index in [0.717, 1.165) is 48.4 Å². The zero-order valence-corrected chi connectivity index (χ0v) is 15.7. The first-order valence-electron chi connectivity index (χ1n) is 9.34. The molecule has 1 saturated heterocycles. The van der Waals surface area contributed by atoms with E-state index in [2.05, 4.69) is 44.0 Å². The molecule has 3 aromatic rings. The topological polar surface area (TPSA) is 49.0 Å². The van der Waals surface area contributed by atoms with Gasteiger partial charge in [0.2, 0.25) is 0 Å². The van der Waals surface area contributed by atoms with Gasteiger partial charge < -0.3 is 9.88 Å². The fraction of sp³-hybridized carbons (Fsp3) is 0.364. The van der Waals surface area contributed by atoms with Crippen molar-refractivity contribution in [2.24, 2.45) is 0 Å². The monoisotopic (exact) mass is 347 g/mol. The van der Waals surface area contributed by atoms with Gasteiger partial charge >= 0.3 is 0 Å². The number of imidazole rings is 1. The number of aromatic nitrogens is 2. The Hall–Kier alpha value is -2.62. The number of hydrogen-bond donors (Lipinski definition) is 1. The van der Waals surface area contributed by atoms with Crippen LogP contribution in [-0.4, -0.2) is 33.9 Å². The summed E-state index contributed by atoms with van der Waals surface area (Å²) in [6, 6.07) is 12.3. The molecule has 2 aromatic carbocycles. The van der Waals surface area contributed by atoms with Crippen LogP contribution in [0.1, 0.15) is 51.6 Å². The maximum absolute atomic E-state index is 12.8. The Morgan fingerprint density at radius 2 is 1.81 bits per heavy atom. The van der Waals surface area contributed by atoms with Gasteiger partial charge in [-0.15, -0.1) is 0 Å². The molecule has 4 rings (SSSR count). The smallest absolute Gasteiger partial charge is 0.253 e. The Kier molecular flexibility index (Phi) is 4.27. The van der Waals surface area contributed by atoms with E-state index >= 15 is 0 Å². The molecule has 0 atom stereocenters. The first kappa shape index (κ1) is 16.8. The lowest BCUT2D eigenvalue weighted by atomic mass is 9.95. The van der Waals surface area contributed by atoms with Crippen LogP contribution in [0.5, 0.6) is 0 Å². The molecular weight excluding hydrogens is 322 g/mol. The summed E-state index contributed by atoms with van der Waals surface area (Å²) >= 11 is 0. The third-order valence-corrected chi connectivity index (χ3v) is 5.58. The van der Waals surface area contributed by atoms with E-state index in [-0.39, 0.29) is 5.91 Å². The lowest BCUT2D eigenvalue weighted by Crippen LogP contribution is -2.38. The van der Waals surface area contributed by atoms with E-state index in [1.807, 2.05) is 23.1 Å². The largest absolute Gasteiger partial charge is 0.342 e. The van der Waals surface area contributed by atoms with Crippen molar-refractivity contribution in [2.45, 2.75) is 39.5 Å². The number of H-pyrrole nitrogens is 1. The molecule has 0 saturated carbocycles. The van der Waals surface area contributed by atoms with Crippen molar-refractivity contribution in [2.75, 3.05) is 13.1 Å². The second-order valence-corrected chi connectivity index (χ2v) is 7.51. The van der Waals surface area contributed by atoms with Crippen LogP contribution < -0.4 is 0 Å². The van der Waals surface area contributed by atoms with Crippen LogP contribution in [0, 0.1) is 20.8 Å². The molecule has 1 N–H and O–H groups in total. The van der Waals surface area contributed by atoms with E-state index in [1.54, 1.807) is 0 Å².